The molecular weight excluding hydrogens is 494 g/mol. The standard InChI is InChI=1S/C28H37NO9/c1-12-9-13(2)28-16(11-19(35-5)27(34)36-23(12)15(4)30)10-18(31)20-21(28)22(32)14(3)24(25(20)38-28)37-26(33)17-7-6-8-29-17/h6-9,12,14-16,19-25,29-30,32H,10-11H2,1-5H3/b13-9+/t12-,14-,15-,16-,19+,20-,21+,22-,23+,24-,25-,28+/m1/s1. The molecule has 1 aromatic heterocycles. The van der Waals surface area contributed by atoms with Crippen LogP contribution in [0.25, 0.3) is 0 Å². The third-order valence-electron chi connectivity index (χ3n) is 9.22. The van der Waals surface area contributed by atoms with Crippen molar-refractivity contribution in [3.05, 3.63) is 35.7 Å². The summed E-state index contributed by atoms with van der Waals surface area (Å²) in [5.74, 6) is -3.91. The van der Waals surface area contributed by atoms with Crippen LogP contribution in [0.3, 0.4) is 0 Å². The summed E-state index contributed by atoms with van der Waals surface area (Å²) < 4.78 is 23.9. The third-order valence-corrected chi connectivity index (χ3v) is 9.22. The summed E-state index contributed by atoms with van der Waals surface area (Å²) in [4.78, 5) is 42.4. The minimum Gasteiger partial charge on any atom is -0.457 e. The van der Waals surface area contributed by atoms with Gasteiger partial charge in [-0.1, -0.05) is 19.9 Å². The highest BCUT2D eigenvalue weighted by Crippen LogP contribution is 2.62. The van der Waals surface area contributed by atoms with Crippen LogP contribution < -0.4 is 0 Å². The second-order valence-corrected chi connectivity index (χ2v) is 11.4. The van der Waals surface area contributed by atoms with Gasteiger partial charge in [-0.2, -0.15) is 0 Å². The molecule has 2 aliphatic carbocycles. The zero-order chi connectivity index (χ0) is 27.5. The largest absolute Gasteiger partial charge is 0.457 e. The molecule has 3 heterocycles. The molecule has 1 saturated heterocycles. The predicted octanol–water partition coefficient (Wildman–Crippen LogP) is 1.80. The number of aromatic nitrogens is 1. The molecule has 4 bridgehead atoms. The van der Waals surface area contributed by atoms with Crippen molar-refractivity contribution in [1.82, 2.24) is 4.98 Å². The molecule has 10 heteroatoms. The Hall–Kier alpha value is -2.53. The molecule has 5 rings (SSSR count). The van der Waals surface area contributed by atoms with Gasteiger partial charge in [0.1, 0.15) is 29.8 Å². The van der Waals surface area contributed by atoms with Crippen molar-refractivity contribution in [1.29, 1.82) is 0 Å². The van der Waals surface area contributed by atoms with Crippen LogP contribution in [-0.4, -0.2) is 82.3 Å². The normalized spacial score (nSPS) is 44.9. The van der Waals surface area contributed by atoms with Crippen molar-refractivity contribution in [2.45, 2.75) is 82.8 Å². The van der Waals surface area contributed by atoms with E-state index in [0.717, 1.165) is 5.57 Å². The number of ether oxygens (including phenoxy) is 4. The van der Waals surface area contributed by atoms with Crippen molar-refractivity contribution in [3.8, 4) is 0 Å². The van der Waals surface area contributed by atoms with Gasteiger partial charge in [0.25, 0.3) is 0 Å². The molecule has 0 amide bonds. The Kier molecular flexibility index (Phi) is 7.04. The lowest BCUT2D eigenvalue weighted by Crippen LogP contribution is -2.61. The molecule has 2 saturated carbocycles. The third kappa shape index (κ3) is 4.04. The van der Waals surface area contributed by atoms with Gasteiger partial charge >= 0.3 is 11.9 Å². The number of cyclic esters (lactones) is 1. The number of nitrogens with one attached hydrogen (secondary N) is 1. The summed E-state index contributed by atoms with van der Waals surface area (Å²) in [7, 11) is 1.40. The molecule has 10 nitrogen and oxygen atoms in total. The molecule has 0 unspecified atom stereocenters. The Balaban J connectivity index is 1.60. The molecule has 12 atom stereocenters. The number of H-pyrrole nitrogens is 1. The molecule has 4 aliphatic rings. The number of esters is 2. The predicted molar refractivity (Wildman–Crippen MR) is 133 cm³/mol. The van der Waals surface area contributed by atoms with Crippen LogP contribution in [0.1, 0.15) is 51.0 Å². The first-order chi connectivity index (χ1) is 18.0. The van der Waals surface area contributed by atoms with Crippen LogP contribution in [0.2, 0.25) is 0 Å². The second-order valence-electron chi connectivity index (χ2n) is 11.4. The minimum absolute atomic E-state index is 0.0898. The molecule has 38 heavy (non-hydrogen) atoms. The van der Waals surface area contributed by atoms with E-state index in [1.54, 1.807) is 32.2 Å². The SMILES string of the molecule is CO[C@H]1C[C@H]2CC(=O)[C@H]3[C@H]4O[C@]2(/C(C)=C/[C@@H](C)[C@@H]([C@@H](C)O)OC1=O)[C@@H]3[C@H](O)[C@@H](C)[C@H]4OC(=O)c1ccc[nH]1. The number of aliphatic hydroxyl groups is 2. The zero-order valence-electron chi connectivity index (χ0n) is 22.3. The molecule has 1 aromatic rings. The van der Waals surface area contributed by atoms with Crippen LogP contribution in [-0.2, 0) is 28.5 Å². The van der Waals surface area contributed by atoms with Crippen molar-refractivity contribution in [3.63, 3.8) is 0 Å². The molecule has 0 radical (unpaired) electrons. The van der Waals surface area contributed by atoms with Gasteiger partial charge in [-0.25, -0.2) is 9.59 Å². The van der Waals surface area contributed by atoms with Crippen molar-refractivity contribution < 1.29 is 43.5 Å². The molecule has 3 fully saturated rings. The van der Waals surface area contributed by atoms with Gasteiger partial charge in [-0.05, 0) is 38.0 Å². The number of Topliss-reactive ketones (excluding diaryl/α,β-unsaturated/α-hetero) is 1. The number of carbonyl (C=O) groups is 3. The summed E-state index contributed by atoms with van der Waals surface area (Å²) in [6.45, 7) is 7.11. The highest BCUT2D eigenvalue weighted by molar-refractivity contribution is 5.88. The number of carbonyl (C=O) groups excluding carboxylic acids is 3. The van der Waals surface area contributed by atoms with Gasteiger partial charge < -0.3 is 34.1 Å². The number of methoxy groups -OCH3 is 1. The maximum Gasteiger partial charge on any atom is 0.355 e. The number of aromatic amines is 1. The number of hydrogen-bond acceptors (Lipinski definition) is 9. The van der Waals surface area contributed by atoms with Crippen molar-refractivity contribution in [2.24, 2.45) is 29.6 Å². The number of hydrogen-bond donors (Lipinski definition) is 3. The van der Waals surface area contributed by atoms with E-state index in [1.807, 2.05) is 19.9 Å². The van der Waals surface area contributed by atoms with Gasteiger partial charge in [-0.15, -0.1) is 0 Å². The van der Waals surface area contributed by atoms with E-state index in [0.29, 0.717) is 0 Å². The fourth-order valence-electron chi connectivity index (χ4n) is 7.47. The molecule has 0 aromatic carbocycles. The Bertz CT molecular complexity index is 1110. The van der Waals surface area contributed by atoms with Crippen LogP contribution in [0.4, 0.5) is 0 Å². The highest BCUT2D eigenvalue weighted by Gasteiger charge is 2.72. The van der Waals surface area contributed by atoms with Crippen LogP contribution in [0.5, 0.6) is 0 Å². The van der Waals surface area contributed by atoms with Gasteiger partial charge in [-0.3, -0.25) is 4.79 Å². The minimum atomic E-state index is -1.09. The molecule has 208 valence electrons. The first-order valence-electron chi connectivity index (χ1n) is 13.3. The quantitative estimate of drug-likeness (QED) is 0.391. The maximum absolute atomic E-state index is 13.6. The van der Waals surface area contributed by atoms with Gasteiger partial charge in [0.15, 0.2) is 6.10 Å². The van der Waals surface area contributed by atoms with E-state index in [9.17, 15) is 24.6 Å². The first kappa shape index (κ1) is 27.1. The average molecular weight is 532 g/mol. The average Bonchev–Trinajstić information content (AvgIpc) is 3.49. The lowest BCUT2D eigenvalue weighted by molar-refractivity contribution is -0.174. The van der Waals surface area contributed by atoms with Crippen LogP contribution in [0.15, 0.2) is 30.0 Å². The van der Waals surface area contributed by atoms with Crippen molar-refractivity contribution >= 4 is 17.7 Å². The topological polar surface area (TPSA) is 144 Å². The van der Waals surface area contributed by atoms with Gasteiger partial charge in [0, 0.05) is 43.4 Å². The monoisotopic (exact) mass is 531 g/mol. The highest BCUT2D eigenvalue weighted by atomic mass is 16.6. The van der Waals surface area contributed by atoms with E-state index in [-0.39, 0.29) is 30.2 Å². The second kappa shape index (κ2) is 9.89. The lowest BCUT2D eigenvalue weighted by atomic mass is 9.54. The van der Waals surface area contributed by atoms with E-state index >= 15 is 0 Å². The molecule has 1 spiro atoms. The Morgan fingerprint density at radius 3 is 2.66 bits per heavy atom. The maximum atomic E-state index is 13.6. The molecular formula is C28H37NO9. The smallest absolute Gasteiger partial charge is 0.355 e. The Labute approximate surface area is 221 Å². The van der Waals surface area contributed by atoms with E-state index in [4.69, 9.17) is 18.9 Å². The lowest BCUT2D eigenvalue weighted by Gasteiger charge is -2.50. The van der Waals surface area contributed by atoms with E-state index < -0.39 is 77.8 Å². The van der Waals surface area contributed by atoms with E-state index in [2.05, 4.69) is 4.98 Å². The molecule has 2 aliphatic heterocycles. The summed E-state index contributed by atoms with van der Waals surface area (Å²) in [6.07, 6.45) is -1.55. The zero-order valence-corrected chi connectivity index (χ0v) is 22.3. The summed E-state index contributed by atoms with van der Waals surface area (Å²) >= 11 is 0. The Morgan fingerprint density at radius 1 is 1.29 bits per heavy atom. The number of ketones is 1. The fourth-order valence-corrected chi connectivity index (χ4v) is 7.47. The summed E-state index contributed by atoms with van der Waals surface area (Å²) in [6, 6.07) is 3.28. The fraction of sp³-hybridized carbons (Fsp3) is 0.679. The summed E-state index contributed by atoms with van der Waals surface area (Å²) in [5.41, 5.74) is -0.0245. The first-order valence-corrected chi connectivity index (χ1v) is 13.3. The Morgan fingerprint density at radius 2 is 2.03 bits per heavy atom. The van der Waals surface area contributed by atoms with Crippen molar-refractivity contribution in [2.75, 3.05) is 7.11 Å². The van der Waals surface area contributed by atoms with Crippen LogP contribution in [0, 0.1) is 29.6 Å². The number of aliphatic hydroxyl groups excluding tert-OH is 2. The van der Waals surface area contributed by atoms with Crippen LogP contribution >= 0.6 is 0 Å². The van der Waals surface area contributed by atoms with Gasteiger partial charge in [0.05, 0.1) is 23.7 Å². The van der Waals surface area contributed by atoms with E-state index in [1.165, 1.54) is 7.11 Å². The van der Waals surface area contributed by atoms with Gasteiger partial charge in [0.2, 0.25) is 0 Å². The number of rotatable bonds is 4. The summed E-state index contributed by atoms with van der Waals surface area (Å²) in [5, 5.41) is 22.1. The molecule has 3 N–H and O–H groups in total.